The molecule has 1 aliphatic rings. The summed E-state index contributed by atoms with van der Waals surface area (Å²) in [6, 6.07) is 5.45. The molecule has 0 spiro atoms. The molecule has 1 amide bonds. The number of ketones is 1. The van der Waals surface area contributed by atoms with Crippen LogP contribution < -0.4 is 5.73 Å². The van der Waals surface area contributed by atoms with Crippen LogP contribution in [0, 0.1) is 11.7 Å². The molecule has 2 rings (SSSR count). The highest BCUT2D eigenvalue weighted by Gasteiger charge is 2.31. The number of carbonyl (C=O) groups is 2. The van der Waals surface area contributed by atoms with Crippen LogP contribution in [0.15, 0.2) is 24.3 Å². The quantitative estimate of drug-likeness (QED) is 0.821. The Morgan fingerprint density at radius 1 is 1.23 bits per heavy atom. The van der Waals surface area contributed by atoms with Crippen molar-refractivity contribution < 1.29 is 14.0 Å². The third kappa shape index (κ3) is 4.13. The summed E-state index contributed by atoms with van der Waals surface area (Å²) < 4.78 is 12.8. The fraction of sp³-hybridized carbons (Fsp3) is 0.529. The normalized spacial score (nSPS) is 21.1. The minimum atomic E-state index is -0.374. The van der Waals surface area contributed by atoms with Crippen LogP contribution in [0.4, 0.5) is 4.39 Å². The van der Waals surface area contributed by atoms with Gasteiger partial charge in [-0.3, -0.25) is 9.59 Å². The molecule has 2 unspecified atom stereocenters. The van der Waals surface area contributed by atoms with Crippen LogP contribution in [0.5, 0.6) is 0 Å². The van der Waals surface area contributed by atoms with Crippen molar-refractivity contribution in [3.8, 4) is 0 Å². The van der Waals surface area contributed by atoms with Crippen LogP contribution in [-0.4, -0.2) is 35.7 Å². The molecule has 1 aliphatic heterocycles. The summed E-state index contributed by atoms with van der Waals surface area (Å²) in [5, 5.41) is 0. The number of hydrogen-bond donors (Lipinski definition) is 1. The van der Waals surface area contributed by atoms with Gasteiger partial charge in [-0.2, -0.15) is 0 Å². The van der Waals surface area contributed by atoms with E-state index in [9.17, 15) is 14.0 Å². The Bertz CT molecular complexity index is 530. The van der Waals surface area contributed by atoms with Crippen molar-refractivity contribution >= 4 is 11.7 Å². The van der Waals surface area contributed by atoms with Gasteiger partial charge in [0, 0.05) is 37.5 Å². The maximum atomic E-state index is 12.8. The largest absolute Gasteiger partial charge is 0.341 e. The molecule has 0 aromatic heterocycles. The van der Waals surface area contributed by atoms with E-state index in [1.54, 1.807) is 4.90 Å². The number of hydrogen-bond acceptors (Lipinski definition) is 3. The summed E-state index contributed by atoms with van der Waals surface area (Å²) in [6.07, 6.45) is 2.42. The first-order valence-electron chi connectivity index (χ1n) is 7.83. The molecule has 0 radical (unpaired) electrons. The van der Waals surface area contributed by atoms with Crippen molar-refractivity contribution in [2.45, 2.75) is 38.6 Å². The molecule has 22 heavy (non-hydrogen) atoms. The van der Waals surface area contributed by atoms with Crippen molar-refractivity contribution in [1.29, 1.82) is 0 Å². The van der Waals surface area contributed by atoms with Gasteiger partial charge < -0.3 is 10.6 Å². The molecule has 5 heteroatoms. The van der Waals surface area contributed by atoms with E-state index in [1.807, 2.05) is 0 Å². The van der Waals surface area contributed by atoms with Crippen LogP contribution in [0.25, 0.3) is 0 Å². The van der Waals surface area contributed by atoms with Gasteiger partial charge >= 0.3 is 0 Å². The molecule has 0 aliphatic carbocycles. The molecule has 1 aromatic rings. The van der Waals surface area contributed by atoms with E-state index in [-0.39, 0.29) is 36.4 Å². The number of benzene rings is 1. The summed E-state index contributed by atoms with van der Waals surface area (Å²) >= 11 is 0. The van der Waals surface area contributed by atoms with Crippen LogP contribution in [0.2, 0.25) is 0 Å². The highest BCUT2D eigenvalue weighted by Crippen LogP contribution is 2.21. The van der Waals surface area contributed by atoms with Gasteiger partial charge in [0.2, 0.25) is 5.91 Å². The van der Waals surface area contributed by atoms with E-state index in [1.165, 1.54) is 24.3 Å². The van der Waals surface area contributed by atoms with Gasteiger partial charge in [-0.25, -0.2) is 4.39 Å². The van der Waals surface area contributed by atoms with Crippen molar-refractivity contribution in [2.24, 2.45) is 11.7 Å². The average molecular weight is 306 g/mol. The number of carbonyl (C=O) groups excluding carboxylic acids is 2. The number of nitrogens with two attached hydrogens (primary N) is 1. The molecule has 0 bridgehead atoms. The lowest BCUT2D eigenvalue weighted by molar-refractivity contribution is -0.130. The lowest BCUT2D eigenvalue weighted by Crippen LogP contribution is -2.32. The Labute approximate surface area is 130 Å². The molecular weight excluding hydrogens is 283 g/mol. The fourth-order valence-corrected chi connectivity index (χ4v) is 2.94. The van der Waals surface area contributed by atoms with E-state index in [4.69, 9.17) is 5.73 Å². The standard InChI is InChI=1S/C17H23FN2O2/c1-2-3-13-10-20(11-15(13)19)17(22)9-8-16(21)12-4-6-14(18)7-5-12/h4-7,13,15H,2-3,8-11,19H2,1H3. The summed E-state index contributed by atoms with van der Waals surface area (Å²) in [5.74, 6) is -0.172. The van der Waals surface area contributed by atoms with Crippen LogP contribution in [0.1, 0.15) is 43.0 Å². The van der Waals surface area contributed by atoms with Crippen molar-refractivity contribution in [3.63, 3.8) is 0 Å². The predicted molar refractivity (Wildman–Crippen MR) is 82.9 cm³/mol. The van der Waals surface area contributed by atoms with Crippen LogP contribution >= 0.6 is 0 Å². The number of amides is 1. The lowest BCUT2D eigenvalue weighted by atomic mass is 9.99. The zero-order valence-electron chi connectivity index (χ0n) is 12.9. The zero-order valence-corrected chi connectivity index (χ0v) is 12.9. The van der Waals surface area contributed by atoms with E-state index in [0.29, 0.717) is 24.6 Å². The highest BCUT2D eigenvalue weighted by molar-refractivity contribution is 5.97. The van der Waals surface area contributed by atoms with Gasteiger partial charge in [-0.05, 0) is 36.6 Å². The Hall–Kier alpha value is -1.75. The van der Waals surface area contributed by atoms with Gasteiger partial charge in [-0.1, -0.05) is 13.3 Å². The molecule has 1 saturated heterocycles. The topological polar surface area (TPSA) is 63.4 Å². The number of halogens is 1. The second-order valence-corrected chi connectivity index (χ2v) is 5.94. The molecule has 1 aromatic carbocycles. The SMILES string of the molecule is CCCC1CN(C(=O)CCC(=O)c2ccc(F)cc2)CC1N. The van der Waals surface area contributed by atoms with E-state index in [0.717, 1.165) is 12.8 Å². The van der Waals surface area contributed by atoms with E-state index >= 15 is 0 Å². The minimum absolute atomic E-state index is 0.0236. The number of Topliss-reactive ketones (excluding diaryl/α,β-unsaturated/α-hetero) is 1. The molecule has 2 N–H and O–H groups in total. The molecule has 1 fully saturated rings. The smallest absolute Gasteiger partial charge is 0.223 e. The first-order valence-corrected chi connectivity index (χ1v) is 7.83. The van der Waals surface area contributed by atoms with Crippen molar-refractivity contribution in [3.05, 3.63) is 35.6 Å². The third-order valence-electron chi connectivity index (χ3n) is 4.24. The number of rotatable bonds is 6. The predicted octanol–water partition coefficient (Wildman–Crippen LogP) is 2.37. The molecule has 4 nitrogen and oxygen atoms in total. The van der Waals surface area contributed by atoms with Gasteiger partial charge in [0.15, 0.2) is 5.78 Å². The monoisotopic (exact) mass is 306 g/mol. The van der Waals surface area contributed by atoms with Gasteiger partial charge in [0.25, 0.3) is 0 Å². The van der Waals surface area contributed by atoms with Gasteiger partial charge in [0.05, 0.1) is 0 Å². The Balaban J connectivity index is 1.83. The summed E-state index contributed by atoms with van der Waals surface area (Å²) in [5.41, 5.74) is 6.50. The first kappa shape index (κ1) is 16.6. The molecule has 0 saturated carbocycles. The van der Waals surface area contributed by atoms with Crippen LogP contribution in [-0.2, 0) is 4.79 Å². The van der Waals surface area contributed by atoms with Gasteiger partial charge in [0.1, 0.15) is 5.82 Å². The van der Waals surface area contributed by atoms with E-state index in [2.05, 4.69) is 6.92 Å². The molecular formula is C17H23FN2O2. The number of likely N-dealkylation sites (tertiary alicyclic amines) is 1. The summed E-state index contributed by atoms with van der Waals surface area (Å²) in [4.78, 5) is 25.9. The maximum absolute atomic E-state index is 12.8. The third-order valence-corrected chi connectivity index (χ3v) is 4.24. The number of nitrogens with zero attached hydrogens (tertiary/aromatic N) is 1. The fourth-order valence-electron chi connectivity index (χ4n) is 2.94. The lowest BCUT2D eigenvalue weighted by Gasteiger charge is -2.16. The van der Waals surface area contributed by atoms with Crippen molar-refractivity contribution in [1.82, 2.24) is 4.90 Å². The maximum Gasteiger partial charge on any atom is 0.223 e. The second kappa shape index (κ2) is 7.49. The molecule has 2 atom stereocenters. The van der Waals surface area contributed by atoms with Gasteiger partial charge in [-0.15, -0.1) is 0 Å². The zero-order chi connectivity index (χ0) is 16.1. The van der Waals surface area contributed by atoms with Crippen molar-refractivity contribution in [2.75, 3.05) is 13.1 Å². The molecule has 120 valence electrons. The van der Waals surface area contributed by atoms with E-state index < -0.39 is 0 Å². The summed E-state index contributed by atoms with van der Waals surface area (Å²) in [6.45, 7) is 3.38. The second-order valence-electron chi connectivity index (χ2n) is 5.94. The summed E-state index contributed by atoms with van der Waals surface area (Å²) in [7, 11) is 0. The van der Waals surface area contributed by atoms with Crippen LogP contribution in [0.3, 0.4) is 0 Å². The Kier molecular flexibility index (Phi) is 5.66. The average Bonchev–Trinajstić information content (AvgIpc) is 2.87. The first-order chi connectivity index (χ1) is 10.5. The minimum Gasteiger partial charge on any atom is -0.341 e. The molecule has 1 heterocycles. The Morgan fingerprint density at radius 2 is 1.91 bits per heavy atom. The highest BCUT2D eigenvalue weighted by atomic mass is 19.1. The Morgan fingerprint density at radius 3 is 2.55 bits per heavy atom.